The number of ether oxygens (including phenoxy) is 2. The summed E-state index contributed by atoms with van der Waals surface area (Å²) in [5.74, 6) is 0.542. The maximum atomic E-state index is 13.0. The van der Waals surface area contributed by atoms with Crippen molar-refractivity contribution < 1.29 is 27.4 Å². The van der Waals surface area contributed by atoms with E-state index in [4.69, 9.17) is 9.47 Å². The smallest absolute Gasteiger partial charge is 0.416 e. The molecule has 0 atom stereocenters. The Morgan fingerprint density at radius 1 is 1.03 bits per heavy atom. The van der Waals surface area contributed by atoms with Crippen molar-refractivity contribution >= 4 is 39.2 Å². The van der Waals surface area contributed by atoms with Crippen molar-refractivity contribution in [1.29, 1.82) is 0 Å². The predicted molar refractivity (Wildman–Crippen MR) is 129 cm³/mol. The zero-order valence-electron chi connectivity index (χ0n) is 18.4. The number of rotatable bonds is 6. The van der Waals surface area contributed by atoms with E-state index in [9.17, 15) is 18.0 Å². The number of halogens is 4. The van der Waals surface area contributed by atoms with Crippen molar-refractivity contribution in [3.8, 4) is 11.5 Å². The summed E-state index contributed by atoms with van der Waals surface area (Å²) in [4.78, 5) is 12.5. The van der Waals surface area contributed by atoms with Crippen LogP contribution in [0.15, 0.2) is 59.1 Å². The predicted octanol–water partition coefficient (Wildman–Crippen LogP) is 7.25. The molecule has 34 heavy (non-hydrogen) atoms. The van der Waals surface area contributed by atoms with Crippen LogP contribution in [-0.2, 0) is 17.6 Å². The van der Waals surface area contributed by atoms with E-state index in [1.807, 2.05) is 38.1 Å². The summed E-state index contributed by atoms with van der Waals surface area (Å²) in [6.45, 7) is 4.61. The van der Waals surface area contributed by atoms with E-state index in [1.165, 1.54) is 6.07 Å². The van der Waals surface area contributed by atoms with Crippen LogP contribution in [0.1, 0.15) is 34.7 Å². The van der Waals surface area contributed by atoms with Gasteiger partial charge < -0.3 is 14.8 Å². The molecule has 1 aliphatic rings. The lowest BCUT2D eigenvalue weighted by molar-refractivity contribution is -0.137. The van der Waals surface area contributed by atoms with Crippen LogP contribution in [0, 0.1) is 6.92 Å². The molecule has 0 spiro atoms. The first kappa shape index (κ1) is 23.9. The van der Waals surface area contributed by atoms with Gasteiger partial charge in [-0.05, 0) is 71.2 Å². The van der Waals surface area contributed by atoms with Gasteiger partial charge in [-0.1, -0.05) is 35.9 Å². The van der Waals surface area contributed by atoms with Gasteiger partial charge >= 0.3 is 6.18 Å². The van der Waals surface area contributed by atoms with Gasteiger partial charge in [0.15, 0.2) is 11.5 Å². The highest BCUT2D eigenvalue weighted by molar-refractivity contribution is 9.10. The molecule has 8 heteroatoms. The third-order valence-electron chi connectivity index (χ3n) is 5.28. The Bertz CT molecular complexity index is 1270. The van der Waals surface area contributed by atoms with Crippen LogP contribution in [0.3, 0.4) is 0 Å². The summed E-state index contributed by atoms with van der Waals surface area (Å²) in [6, 6.07) is 14.7. The van der Waals surface area contributed by atoms with Crippen LogP contribution in [0.5, 0.6) is 11.5 Å². The van der Waals surface area contributed by atoms with Gasteiger partial charge in [0.05, 0.1) is 16.6 Å². The van der Waals surface area contributed by atoms with E-state index in [-0.39, 0.29) is 11.3 Å². The minimum absolute atomic E-state index is 0.133. The van der Waals surface area contributed by atoms with Gasteiger partial charge in [-0.15, -0.1) is 0 Å². The molecular weight excluding hydrogens is 511 g/mol. The fraction of sp³-hybridized carbons (Fsp3) is 0.192. The van der Waals surface area contributed by atoms with Crippen molar-refractivity contribution in [3.05, 3.63) is 86.9 Å². The van der Waals surface area contributed by atoms with Crippen LogP contribution in [-0.4, -0.2) is 12.5 Å². The molecule has 3 aromatic rings. The monoisotopic (exact) mass is 531 g/mol. The molecule has 0 bridgehead atoms. The maximum Gasteiger partial charge on any atom is 0.416 e. The number of fused-ring (bicyclic) bond motifs is 1. The number of amides is 1. The van der Waals surface area contributed by atoms with Crippen LogP contribution >= 0.6 is 15.9 Å². The number of aryl methyl sites for hydroxylation is 1. The Balaban J connectivity index is 1.65. The van der Waals surface area contributed by atoms with E-state index in [0.29, 0.717) is 40.3 Å². The number of anilines is 1. The molecule has 0 aliphatic carbocycles. The second kappa shape index (κ2) is 9.54. The van der Waals surface area contributed by atoms with E-state index < -0.39 is 17.6 Å². The second-order valence-corrected chi connectivity index (χ2v) is 8.66. The molecule has 0 unspecified atom stereocenters. The van der Waals surface area contributed by atoms with Crippen LogP contribution in [0.4, 0.5) is 18.9 Å². The van der Waals surface area contributed by atoms with Gasteiger partial charge in [0.1, 0.15) is 6.61 Å². The van der Waals surface area contributed by atoms with Gasteiger partial charge in [0.25, 0.3) is 5.91 Å². The van der Waals surface area contributed by atoms with Gasteiger partial charge in [0.2, 0.25) is 0 Å². The highest BCUT2D eigenvalue weighted by atomic mass is 79.9. The molecule has 0 saturated heterocycles. The molecule has 0 fully saturated rings. The Kier molecular flexibility index (Phi) is 6.70. The molecule has 176 valence electrons. The fourth-order valence-corrected chi connectivity index (χ4v) is 4.17. The summed E-state index contributed by atoms with van der Waals surface area (Å²) in [5.41, 5.74) is 2.79. The number of carbonyl (C=O) groups excluding carboxylic acids is 1. The summed E-state index contributed by atoms with van der Waals surface area (Å²) >= 11 is 3.52. The quantitative estimate of drug-likeness (QED) is 0.341. The molecule has 4 rings (SSSR count). The first-order valence-corrected chi connectivity index (χ1v) is 11.3. The fourth-order valence-electron chi connectivity index (χ4n) is 3.59. The van der Waals surface area contributed by atoms with Crippen LogP contribution < -0.4 is 14.8 Å². The van der Waals surface area contributed by atoms with E-state index in [1.54, 1.807) is 18.2 Å². The summed E-state index contributed by atoms with van der Waals surface area (Å²) in [6.07, 6.45) is -2.87. The number of nitrogens with one attached hydrogen (secondary N) is 1. The Hall–Kier alpha value is -3.26. The first-order valence-electron chi connectivity index (χ1n) is 10.5. The third kappa shape index (κ3) is 5.12. The SMILES string of the molecule is CCOc1cc(/C=C2\C(=O)Nc3cc(C(F)(F)F)ccc32)cc(Br)c1OCc1ccc(C)cc1. The average Bonchev–Trinajstić information content (AvgIpc) is 3.08. The van der Waals surface area contributed by atoms with Crippen molar-refractivity contribution in [3.63, 3.8) is 0 Å². The van der Waals surface area contributed by atoms with E-state index >= 15 is 0 Å². The molecule has 0 aromatic heterocycles. The van der Waals surface area contributed by atoms with E-state index in [2.05, 4.69) is 21.2 Å². The Labute approximate surface area is 203 Å². The molecular formula is C26H21BrF3NO3. The lowest BCUT2D eigenvalue weighted by Gasteiger charge is -2.15. The highest BCUT2D eigenvalue weighted by Crippen LogP contribution is 2.41. The van der Waals surface area contributed by atoms with Gasteiger partial charge in [0, 0.05) is 16.8 Å². The lowest BCUT2D eigenvalue weighted by Crippen LogP contribution is -2.06. The number of carbonyl (C=O) groups is 1. The summed E-state index contributed by atoms with van der Waals surface area (Å²) < 4.78 is 51.5. The minimum Gasteiger partial charge on any atom is -0.490 e. The molecule has 1 N–H and O–H groups in total. The van der Waals surface area contributed by atoms with Crippen molar-refractivity contribution in [1.82, 2.24) is 0 Å². The van der Waals surface area contributed by atoms with Gasteiger partial charge in [-0.25, -0.2) is 0 Å². The Morgan fingerprint density at radius 3 is 2.44 bits per heavy atom. The number of benzene rings is 3. The molecule has 1 heterocycles. The van der Waals surface area contributed by atoms with Crippen LogP contribution in [0.2, 0.25) is 0 Å². The van der Waals surface area contributed by atoms with Crippen LogP contribution in [0.25, 0.3) is 11.6 Å². The largest absolute Gasteiger partial charge is 0.490 e. The van der Waals surface area contributed by atoms with Gasteiger partial charge in [-0.3, -0.25) is 4.79 Å². The molecule has 0 radical (unpaired) electrons. The molecule has 1 amide bonds. The third-order valence-corrected chi connectivity index (χ3v) is 5.87. The lowest BCUT2D eigenvalue weighted by atomic mass is 10.0. The maximum absolute atomic E-state index is 13.0. The zero-order valence-corrected chi connectivity index (χ0v) is 20.0. The minimum atomic E-state index is -4.49. The van der Waals surface area contributed by atoms with E-state index in [0.717, 1.165) is 23.3 Å². The summed E-state index contributed by atoms with van der Waals surface area (Å²) in [5, 5.41) is 2.51. The Morgan fingerprint density at radius 2 is 1.76 bits per heavy atom. The normalized spacial score (nSPS) is 14.2. The number of hydrogen-bond donors (Lipinski definition) is 1. The van der Waals surface area contributed by atoms with Crippen molar-refractivity contribution in [2.24, 2.45) is 0 Å². The average molecular weight is 532 g/mol. The molecule has 0 saturated carbocycles. The first-order chi connectivity index (χ1) is 16.2. The standard InChI is InChI=1S/C26H21BrF3NO3/c1-3-33-23-12-17(11-21(27)24(23)34-14-16-6-4-15(2)5-7-16)10-20-19-9-8-18(26(28,29)30)13-22(19)31-25(20)32/h4-13H,3,14H2,1-2H3,(H,31,32)/b20-10-. The number of alkyl halides is 3. The zero-order chi connectivity index (χ0) is 24.5. The molecule has 1 aliphatic heterocycles. The topological polar surface area (TPSA) is 47.6 Å². The second-order valence-electron chi connectivity index (χ2n) is 7.81. The highest BCUT2D eigenvalue weighted by Gasteiger charge is 2.33. The summed E-state index contributed by atoms with van der Waals surface area (Å²) in [7, 11) is 0. The van der Waals surface area contributed by atoms with Crippen molar-refractivity contribution in [2.75, 3.05) is 11.9 Å². The van der Waals surface area contributed by atoms with Gasteiger partial charge in [-0.2, -0.15) is 13.2 Å². The molecule has 4 nitrogen and oxygen atoms in total. The number of hydrogen-bond acceptors (Lipinski definition) is 3. The molecule has 3 aromatic carbocycles. The van der Waals surface area contributed by atoms with Crippen molar-refractivity contribution in [2.45, 2.75) is 26.6 Å².